The molecule has 88 valence electrons. The molecule has 0 unspecified atom stereocenters. The molecule has 0 bridgehead atoms. The van der Waals surface area contributed by atoms with Gasteiger partial charge in [0, 0.05) is 26.4 Å². The highest BCUT2D eigenvalue weighted by Gasteiger charge is 2.44. The Morgan fingerprint density at radius 3 is 1.00 bits per heavy atom. The van der Waals surface area contributed by atoms with Crippen molar-refractivity contribution in [1.82, 2.24) is 0 Å². The summed E-state index contributed by atoms with van der Waals surface area (Å²) in [6, 6.07) is 0. The molecule has 0 N–H and O–H groups in total. The van der Waals surface area contributed by atoms with Gasteiger partial charge >= 0.3 is 9.05 Å². The van der Waals surface area contributed by atoms with Crippen LogP contribution in [0.2, 0.25) is 0 Å². The molecule has 14 heavy (non-hydrogen) atoms. The average molecular weight is 240 g/mol. The van der Waals surface area contributed by atoms with E-state index < -0.39 is 9.05 Å². The molecule has 0 spiro atoms. The second-order valence-corrected chi connectivity index (χ2v) is 4.39. The summed E-state index contributed by atoms with van der Waals surface area (Å²) in [6.07, 6.45) is 0. The van der Waals surface area contributed by atoms with Gasteiger partial charge in [-0.3, -0.25) is 0 Å². The van der Waals surface area contributed by atoms with Crippen LogP contribution in [-0.2, 0) is 17.7 Å². The maximum Gasteiger partial charge on any atom is 0.679 e. The molecule has 0 aliphatic rings. The van der Waals surface area contributed by atoms with E-state index in [0.717, 1.165) is 0 Å². The van der Waals surface area contributed by atoms with Crippen molar-refractivity contribution in [2.45, 2.75) is 27.7 Å². The van der Waals surface area contributed by atoms with E-state index in [9.17, 15) is 0 Å². The van der Waals surface area contributed by atoms with Crippen LogP contribution in [-0.4, -0.2) is 46.4 Å². The van der Waals surface area contributed by atoms with Gasteiger partial charge in [-0.15, -0.1) is 0 Å². The van der Waals surface area contributed by atoms with Crippen LogP contribution in [0, 0.1) is 0 Å². The third-order valence-electron chi connectivity index (χ3n) is 1.28. The Morgan fingerprint density at radius 1 is 0.643 bits per heavy atom. The van der Waals surface area contributed by atoms with Crippen LogP contribution in [0.1, 0.15) is 27.7 Å². The van der Waals surface area contributed by atoms with Gasteiger partial charge in [0.15, 0.2) is 0 Å². The molecular formula is C8H24O4Si2. The summed E-state index contributed by atoms with van der Waals surface area (Å²) in [5.74, 6) is 0. The van der Waals surface area contributed by atoms with Crippen LogP contribution in [0.25, 0.3) is 0 Å². The second-order valence-electron chi connectivity index (χ2n) is 2.23. The van der Waals surface area contributed by atoms with Crippen LogP contribution in [0.3, 0.4) is 0 Å². The average Bonchev–Trinajstić information content (AvgIpc) is 2.06. The summed E-state index contributed by atoms with van der Waals surface area (Å²) in [6.45, 7) is 9.80. The van der Waals surface area contributed by atoms with Gasteiger partial charge in [0.1, 0.15) is 0 Å². The number of rotatable bonds is 8. The molecule has 6 heteroatoms. The zero-order valence-corrected chi connectivity index (χ0v) is 9.96. The Kier molecular flexibility index (Phi) is 11.7. The molecule has 0 aromatic carbocycles. The summed E-state index contributed by atoms with van der Waals surface area (Å²) in [5.41, 5.74) is 0. The summed E-state index contributed by atoms with van der Waals surface area (Å²) in [7, 11) is -2.80. The first-order valence-corrected chi connectivity index (χ1v) is 6.43. The van der Waals surface area contributed by atoms with Crippen LogP contribution >= 0.6 is 0 Å². The zero-order valence-electron chi connectivity index (χ0n) is 8.96. The molecule has 0 amide bonds. The lowest BCUT2D eigenvalue weighted by Crippen LogP contribution is -2.49. The maximum atomic E-state index is 5.42. The molecule has 0 atom stereocenters. The highest BCUT2D eigenvalue weighted by Crippen LogP contribution is 2.11. The minimum atomic E-state index is -2.80. The fraction of sp³-hybridized carbons (Fsp3) is 1.00. The first-order valence-electron chi connectivity index (χ1n) is 4.80. The molecular weight excluding hydrogens is 216 g/mol. The highest BCUT2D eigenvalue weighted by atomic mass is 28.4. The van der Waals surface area contributed by atoms with E-state index in [1.807, 2.05) is 27.7 Å². The third-order valence-corrected chi connectivity index (χ3v) is 3.85. The van der Waals surface area contributed by atoms with Gasteiger partial charge in [0.05, 0.1) is 0 Å². The lowest BCUT2D eigenvalue weighted by Gasteiger charge is -2.26. The lowest BCUT2D eigenvalue weighted by molar-refractivity contribution is -0.0247. The van der Waals surface area contributed by atoms with E-state index in [1.54, 1.807) is 0 Å². The van der Waals surface area contributed by atoms with E-state index >= 15 is 0 Å². The molecule has 0 radical (unpaired) electrons. The van der Waals surface area contributed by atoms with Crippen LogP contribution in [0.15, 0.2) is 0 Å². The summed E-state index contributed by atoms with van der Waals surface area (Å²) >= 11 is 0. The molecule has 0 rings (SSSR count). The zero-order chi connectivity index (χ0) is 10.2. The summed E-state index contributed by atoms with van der Waals surface area (Å²) in [5, 5.41) is 0. The van der Waals surface area contributed by atoms with Gasteiger partial charge in [-0.05, 0) is 38.7 Å². The van der Waals surface area contributed by atoms with Crippen LogP contribution < -0.4 is 0 Å². The Balaban J connectivity index is 0. The van der Waals surface area contributed by atoms with Gasteiger partial charge < -0.3 is 17.7 Å². The van der Waals surface area contributed by atoms with Crippen molar-refractivity contribution in [3.05, 3.63) is 0 Å². The van der Waals surface area contributed by atoms with Crippen molar-refractivity contribution < 1.29 is 17.7 Å². The fourth-order valence-electron chi connectivity index (χ4n) is 0.957. The van der Waals surface area contributed by atoms with Gasteiger partial charge in [0.2, 0.25) is 0 Å². The van der Waals surface area contributed by atoms with Crippen LogP contribution in [0.5, 0.6) is 0 Å². The molecule has 0 aliphatic carbocycles. The summed E-state index contributed by atoms with van der Waals surface area (Å²) in [4.78, 5) is 0. The smallest absolute Gasteiger partial charge is 0.351 e. The van der Waals surface area contributed by atoms with Crippen molar-refractivity contribution >= 4 is 20.0 Å². The van der Waals surface area contributed by atoms with Crippen molar-refractivity contribution in [1.29, 1.82) is 0 Å². The molecule has 0 heterocycles. The second kappa shape index (κ2) is 9.81. The number of hydrogen-bond donors (Lipinski definition) is 0. The Bertz CT molecular complexity index is 94.4. The lowest BCUT2D eigenvalue weighted by atomic mass is 10.9. The molecule has 0 aromatic rings. The van der Waals surface area contributed by atoms with Crippen molar-refractivity contribution in [2.75, 3.05) is 26.4 Å². The largest absolute Gasteiger partial charge is 0.679 e. The van der Waals surface area contributed by atoms with E-state index in [0.29, 0.717) is 26.4 Å². The van der Waals surface area contributed by atoms with Gasteiger partial charge in [-0.2, -0.15) is 0 Å². The van der Waals surface area contributed by atoms with Gasteiger partial charge in [0.25, 0.3) is 0 Å². The van der Waals surface area contributed by atoms with Crippen LogP contribution in [0.4, 0.5) is 0 Å². The molecule has 0 saturated heterocycles. The Hall–Kier alpha value is 0.274. The van der Waals surface area contributed by atoms with E-state index in [2.05, 4.69) is 0 Å². The Morgan fingerprint density at radius 2 is 0.857 bits per heavy atom. The summed E-state index contributed by atoms with van der Waals surface area (Å²) < 4.78 is 21.7. The van der Waals surface area contributed by atoms with Crippen molar-refractivity contribution in [2.24, 2.45) is 0 Å². The minimum absolute atomic E-state index is 0. The SMILES string of the molecule is CCO[Si](OCC)(OCC)OCC.[SiH4]. The van der Waals surface area contributed by atoms with E-state index in [-0.39, 0.29) is 11.0 Å². The maximum absolute atomic E-state index is 5.42. The fourth-order valence-corrected chi connectivity index (χ4v) is 2.87. The Labute approximate surface area is 92.4 Å². The molecule has 4 nitrogen and oxygen atoms in total. The standard InChI is InChI=1S/C8H20O4Si.H4Si/c1-5-9-13(10-6-2,11-7-3)12-8-4;/h5-8H2,1-4H3;1H4. The molecule has 0 fully saturated rings. The normalized spacial score (nSPS) is 11.1. The van der Waals surface area contributed by atoms with E-state index in [4.69, 9.17) is 17.7 Å². The van der Waals surface area contributed by atoms with Gasteiger partial charge in [-0.1, -0.05) is 0 Å². The predicted molar refractivity (Wildman–Crippen MR) is 63.6 cm³/mol. The molecule has 0 saturated carbocycles. The van der Waals surface area contributed by atoms with E-state index in [1.165, 1.54) is 0 Å². The third kappa shape index (κ3) is 5.89. The highest BCUT2D eigenvalue weighted by molar-refractivity contribution is 6.53. The molecule has 0 aliphatic heterocycles. The van der Waals surface area contributed by atoms with Gasteiger partial charge in [-0.25, -0.2) is 0 Å². The number of hydrogen-bond acceptors (Lipinski definition) is 4. The topological polar surface area (TPSA) is 36.9 Å². The molecule has 0 aromatic heterocycles. The minimum Gasteiger partial charge on any atom is -0.351 e. The quantitative estimate of drug-likeness (QED) is 0.565. The first kappa shape index (κ1) is 16.7. The monoisotopic (exact) mass is 240 g/mol. The predicted octanol–water partition coefficient (Wildman–Crippen LogP) is 0.116. The van der Waals surface area contributed by atoms with Crippen molar-refractivity contribution in [3.8, 4) is 0 Å². The van der Waals surface area contributed by atoms with Crippen molar-refractivity contribution in [3.63, 3.8) is 0 Å². The first-order chi connectivity index (χ1) is 6.24.